The zero-order chi connectivity index (χ0) is 25.4. The van der Waals surface area contributed by atoms with Crippen LogP contribution in [0.15, 0.2) is 77.7 Å². The summed E-state index contributed by atoms with van der Waals surface area (Å²) in [5, 5.41) is 5.40. The maximum Gasteiger partial charge on any atom is 0.264 e. The van der Waals surface area contributed by atoms with E-state index in [1.807, 2.05) is 13.8 Å². The molecular weight excluding hydrogens is 466 g/mol. The molecule has 0 radical (unpaired) electrons. The number of hydrogen-bond acceptors (Lipinski definition) is 5. The van der Waals surface area contributed by atoms with Crippen LogP contribution in [0.25, 0.3) is 0 Å². The Bertz CT molecular complexity index is 1270. The molecule has 184 valence electrons. The van der Waals surface area contributed by atoms with Gasteiger partial charge in [0.05, 0.1) is 28.4 Å². The zero-order valence-electron chi connectivity index (χ0n) is 19.9. The van der Waals surface area contributed by atoms with Crippen LogP contribution in [0.4, 0.5) is 11.4 Å². The number of nitrogens with one attached hydrogen (secondary N) is 2. The van der Waals surface area contributed by atoms with Crippen molar-refractivity contribution in [2.75, 3.05) is 36.4 Å². The van der Waals surface area contributed by atoms with Crippen LogP contribution in [0.5, 0.6) is 0 Å². The van der Waals surface area contributed by atoms with Crippen molar-refractivity contribution < 1.29 is 22.7 Å². The molecule has 0 heterocycles. The minimum atomic E-state index is -4.03. The first-order valence-corrected chi connectivity index (χ1v) is 12.5. The van der Waals surface area contributed by atoms with Gasteiger partial charge in [0.1, 0.15) is 6.54 Å². The van der Waals surface area contributed by atoms with E-state index in [0.717, 1.165) is 15.4 Å². The molecular formula is C26H29N3O5S. The predicted molar refractivity (Wildman–Crippen MR) is 136 cm³/mol. The molecule has 0 aromatic heterocycles. The van der Waals surface area contributed by atoms with E-state index < -0.39 is 22.5 Å². The van der Waals surface area contributed by atoms with Gasteiger partial charge in [-0.25, -0.2) is 8.42 Å². The monoisotopic (exact) mass is 495 g/mol. The Morgan fingerprint density at radius 2 is 1.49 bits per heavy atom. The lowest BCUT2D eigenvalue weighted by atomic mass is 10.1. The third kappa shape index (κ3) is 6.68. The molecule has 0 aliphatic carbocycles. The molecule has 3 rings (SSSR count). The van der Waals surface area contributed by atoms with E-state index in [9.17, 15) is 18.0 Å². The minimum Gasteiger partial charge on any atom is -0.383 e. The summed E-state index contributed by atoms with van der Waals surface area (Å²) >= 11 is 0. The maximum atomic E-state index is 13.5. The summed E-state index contributed by atoms with van der Waals surface area (Å²) in [5.74, 6) is -0.959. The van der Waals surface area contributed by atoms with Gasteiger partial charge in [0.25, 0.3) is 15.9 Å². The summed E-state index contributed by atoms with van der Waals surface area (Å²) in [5.41, 5.74) is 2.78. The van der Waals surface area contributed by atoms with Crippen LogP contribution in [0, 0.1) is 13.8 Å². The highest BCUT2D eigenvalue weighted by Crippen LogP contribution is 2.25. The Balaban J connectivity index is 1.88. The van der Waals surface area contributed by atoms with Crippen molar-refractivity contribution in [2.45, 2.75) is 18.7 Å². The van der Waals surface area contributed by atoms with Crippen molar-refractivity contribution >= 4 is 33.2 Å². The lowest BCUT2D eigenvalue weighted by Crippen LogP contribution is -2.38. The number of carbonyl (C=O) groups excluding carboxylic acids is 2. The number of carbonyl (C=O) groups is 2. The summed E-state index contributed by atoms with van der Waals surface area (Å²) in [6.45, 7) is 3.95. The highest BCUT2D eigenvalue weighted by Gasteiger charge is 2.27. The number of nitrogens with zero attached hydrogens (tertiary/aromatic N) is 1. The lowest BCUT2D eigenvalue weighted by molar-refractivity contribution is -0.114. The summed E-state index contributed by atoms with van der Waals surface area (Å²) in [7, 11) is -2.50. The fraction of sp³-hybridized carbons (Fsp3) is 0.231. The van der Waals surface area contributed by atoms with Gasteiger partial charge in [-0.15, -0.1) is 0 Å². The Morgan fingerprint density at radius 3 is 2.11 bits per heavy atom. The second-order valence-electron chi connectivity index (χ2n) is 8.00. The summed E-state index contributed by atoms with van der Waals surface area (Å²) in [6, 6.07) is 19.9. The average molecular weight is 496 g/mol. The number of amides is 2. The molecule has 9 heteroatoms. The Hall–Kier alpha value is -3.69. The van der Waals surface area contributed by atoms with E-state index in [0.29, 0.717) is 18.8 Å². The van der Waals surface area contributed by atoms with E-state index in [-0.39, 0.29) is 22.1 Å². The summed E-state index contributed by atoms with van der Waals surface area (Å²) in [4.78, 5) is 25.7. The Morgan fingerprint density at radius 1 is 0.886 bits per heavy atom. The number of hydrogen-bond donors (Lipinski definition) is 2. The van der Waals surface area contributed by atoms with Gasteiger partial charge in [0.2, 0.25) is 5.91 Å². The van der Waals surface area contributed by atoms with Crippen LogP contribution in [-0.4, -0.2) is 47.0 Å². The van der Waals surface area contributed by atoms with Gasteiger partial charge in [0.15, 0.2) is 0 Å². The number of rotatable bonds is 10. The molecule has 0 aliphatic rings. The minimum absolute atomic E-state index is 0.0781. The molecule has 0 saturated heterocycles. The quantitative estimate of drug-likeness (QED) is 0.419. The van der Waals surface area contributed by atoms with Gasteiger partial charge >= 0.3 is 0 Å². The lowest BCUT2D eigenvalue weighted by Gasteiger charge is -2.24. The van der Waals surface area contributed by atoms with E-state index in [1.165, 1.54) is 19.2 Å². The van der Waals surface area contributed by atoms with Crippen molar-refractivity contribution in [3.05, 3.63) is 89.5 Å². The first kappa shape index (κ1) is 25.9. The highest BCUT2D eigenvalue weighted by atomic mass is 32.2. The van der Waals surface area contributed by atoms with Crippen LogP contribution in [0.2, 0.25) is 0 Å². The van der Waals surface area contributed by atoms with Crippen LogP contribution < -0.4 is 14.9 Å². The molecule has 2 amide bonds. The molecule has 2 N–H and O–H groups in total. The normalized spacial score (nSPS) is 11.1. The SMILES string of the molecule is COCCNC(=O)c1ccccc1NC(=O)CN(c1ccc(C)cc1)S(=O)(=O)c1ccc(C)cc1. The topological polar surface area (TPSA) is 105 Å². The molecule has 8 nitrogen and oxygen atoms in total. The standard InChI is InChI=1S/C26H29N3O5S/c1-19-8-12-21(13-9-19)29(35(32,33)22-14-10-20(2)11-15-22)18-25(30)28-24-7-5-4-6-23(24)26(31)27-16-17-34-3/h4-15H,16-18H2,1-3H3,(H,27,31)(H,28,30). The number of anilines is 2. The Labute approximate surface area is 206 Å². The second-order valence-corrected chi connectivity index (χ2v) is 9.87. The predicted octanol–water partition coefficient (Wildman–Crippen LogP) is 3.51. The van der Waals surface area contributed by atoms with Crippen molar-refractivity contribution in [1.82, 2.24) is 5.32 Å². The van der Waals surface area contributed by atoms with Crippen molar-refractivity contribution in [3.63, 3.8) is 0 Å². The van der Waals surface area contributed by atoms with Gasteiger partial charge in [0, 0.05) is 13.7 Å². The van der Waals surface area contributed by atoms with Gasteiger partial charge in [-0.3, -0.25) is 13.9 Å². The fourth-order valence-corrected chi connectivity index (χ4v) is 4.76. The number of ether oxygens (including phenoxy) is 1. The molecule has 0 saturated carbocycles. The van der Waals surface area contributed by atoms with Gasteiger partial charge < -0.3 is 15.4 Å². The van der Waals surface area contributed by atoms with Crippen LogP contribution in [0.3, 0.4) is 0 Å². The third-order valence-electron chi connectivity index (χ3n) is 5.26. The molecule has 0 aliphatic heterocycles. The van der Waals surface area contributed by atoms with Gasteiger partial charge in [-0.2, -0.15) is 0 Å². The molecule has 0 unspecified atom stereocenters. The smallest absolute Gasteiger partial charge is 0.264 e. The number of benzene rings is 3. The molecule has 3 aromatic rings. The molecule has 0 atom stereocenters. The number of aryl methyl sites for hydroxylation is 2. The Kier molecular flexibility index (Phi) is 8.62. The van der Waals surface area contributed by atoms with Crippen LogP contribution >= 0.6 is 0 Å². The van der Waals surface area contributed by atoms with E-state index in [2.05, 4.69) is 10.6 Å². The van der Waals surface area contributed by atoms with E-state index in [1.54, 1.807) is 60.7 Å². The van der Waals surface area contributed by atoms with Crippen molar-refractivity contribution in [1.29, 1.82) is 0 Å². The summed E-state index contributed by atoms with van der Waals surface area (Å²) in [6.07, 6.45) is 0. The third-order valence-corrected chi connectivity index (χ3v) is 7.04. The second kappa shape index (κ2) is 11.6. The molecule has 0 fully saturated rings. The van der Waals surface area contributed by atoms with Crippen LogP contribution in [-0.2, 0) is 19.6 Å². The highest BCUT2D eigenvalue weighted by molar-refractivity contribution is 7.92. The first-order valence-electron chi connectivity index (χ1n) is 11.0. The largest absolute Gasteiger partial charge is 0.383 e. The van der Waals surface area contributed by atoms with Crippen LogP contribution in [0.1, 0.15) is 21.5 Å². The van der Waals surface area contributed by atoms with E-state index >= 15 is 0 Å². The summed E-state index contributed by atoms with van der Waals surface area (Å²) < 4.78 is 33.0. The van der Waals surface area contributed by atoms with Gasteiger partial charge in [-0.05, 0) is 50.2 Å². The number of methoxy groups -OCH3 is 1. The van der Waals surface area contributed by atoms with E-state index in [4.69, 9.17) is 4.74 Å². The van der Waals surface area contributed by atoms with Crippen molar-refractivity contribution in [3.8, 4) is 0 Å². The first-order chi connectivity index (χ1) is 16.7. The maximum absolute atomic E-state index is 13.5. The fourth-order valence-electron chi connectivity index (χ4n) is 3.34. The molecule has 3 aromatic carbocycles. The molecule has 35 heavy (non-hydrogen) atoms. The molecule has 0 bridgehead atoms. The number of sulfonamides is 1. The zero-order valence-corrected chi connectivity index (χ0v) is 20.8. The average Bonchev–Trinajstić information content (AvgIpc) is 2.84. The van der Waals surface area contributed by atoms with Gasteiger partial charge in [-0.1, -0.05) is 47.5 Å². The molecule has 0 spiro atoms. The number of para-hydroxylation sites is 1. The van der Waals surface area contributed by atoms with Crippen molar-refractivity contribution in [2.24, 2.45) is 0 Å².